The van der Waals surface area contributed by atoms with Crippen molar-refractivity contribution in [2.75, 3.05) is 18.4 Å². The Morgan fingerprint density at radius 2 is 2.14 bits per heavy atom. The summed E-state index contributed by atoms with van der Waals surface area (Å²) in [4.78, 5) is 33.9. The van der Waals surface area contributed by atoms with Crippen LogP contribution in [0, 0.1) is 0 Å². The summed E-state index contributed by atoms with van der Waals surface area (Å²) in [5.74, 6) is 0.996. The van der Waals surface area contributed by atoms with E-state index in [1.165, 1.54) is 0 Å². The van der Waals surface area contributed by atoms with Gasteiger partial charge < -0.3 is 20.6 Å². The van der Waals surface area contributed by atoms with Crippen molar-refractivity contribution in [2.45, 2.75) is 43.5 Å². The molecule has 2 bridgehead atoms. The smallest absolute Gasteiger partial charge is 0.328 e. The molecule has 5 rings (SSSR count). The number of aliphatic hydroxyl groups is 1. The van der Waals surface area contributed by atoms with E-state index >= 15 is 0 Å². The average Bonchev–Trinajstić information content (AvgIpc) is 3.11. The van der Waals surface area contributed by atoms with Crippen molar-refractivity contribution in [3.05, 3.63) is 48.1 Å². The normalized spacial score (nSPS) is 29.7. The van der Waals surface area contributed by atoms with E-state index < -0.39 is 6.04 Å². The van der Waals surface area contributed by atoms with Gasteiger partial charge in [0.1, 0.15) is 17.7 Å². The molecule has 0 spiro atoms. The topological polar surface area (TPSA) is 110 Å². The monoisotopic (exact) mass is 396 g/mol. The lowest BCUT2D eigenvalue weighted by Crippen LogP contribution is -2.57. The molecule has 29 heavy (non-hydrogen) atoms. The van der Waals surface area contributed by atoms with Crippen molar-refractivity contribution in [1.82, 2.24) is 25.4 Å². The maximum atomic E-state index is 13.1. The first kappa shape index (κ1) is 18.0. The van der Waals surface area contributed by atoms with Crippen molar-refractivity contribution < 1.29 is 14.7 Å². The van der Waals surface area contributed by atoms with Crippen LogP contribution in [0.15, 0.2) is 48.1 Å². The summed E-state index contributed by atoms with van der Waals surface area (Å²) in [5, 5.41) is 18.5. The van der Waals surface area contributed by atoms with Gasteiger partial charge in [0.05, 0.1) is 17.8 Å². The number of pyridine rings is 1. The number of nitrogens with zero attached hydrogens (tertiary/aromatic N) is 3. The van der Waals surface area contributed by atoms with Crippen LogP contribution in [0.5, 0.6) is 0 Å². The predicted octanol–water partition coefficient (Wildman–Crippen LogP) is 0.340. The molecule has 4 N–H and O–H groups in total. The van der Waals surface area contributed by atoms with E-state index in [1.54, 1.807) is 23.2 Å². The Labute approximate surface area is 168 Å². The van der Waals surface area contributed by atoms with E-state index in [1.807, 2.05) is 18.2 Å². The number of aliphatic hydroxyl groups excluding tert-OH is 1. The van der Waals surface area contributed by atoms with Crippen LogP contribution in [0.3, 0.4) is 0 Å². The van der Waals surface area contributed by atoms with Crippen molar-refractivity contribution >= 4 is 17.8 Å². The molecule has 1 aliphatic carbocycles. The third-order valence-electron chi connectivity index (χ3n) is 5.95. The van der Waals surface area contributed by atoms with Crippen LogP contribution in [0.25, 0.3) is 0 Å². The maximum Gasteiger partial charge on any atom is 0.328 e. The molecule has 1 saturated carbocycles. The van der Waals surface area contributed by atoms with Crippen LogP contribution >= 0.6 is 0 Å². The number of anilines is 1. The Kier molecular flexibility index (Phi) is 4.39. The minimum absolute atomic E-state index is 0.0120. The van der Waals surface area contributed by atoms with Gasteiger partial charge in [0.25, 0.3) is 0 Å². The van der Waals surface area contributed by atoms with Gasteiger partial charge >= 0.3 is 6.03 Å². The molecular formula is C20H24N6O3. The standard InChI is InChI=1S/C20H24N6O3/c27-14-9-12(10-14)22-19(28)15-4-5-16-18(23-15)26(13-6-8-25(16)11-13)20(29)24-17-3-1-2-7-21-17/h1-5,7,12-15,23,27H,6,8-11H2,(H,22,28)(H,21,24,29)/t12-,13-,14-,15?/m0/s1. The fourth-order valence-corrected chi connectivity index (χ4v) is 4.36. The molecular weight excluding hydrogens is 372 g/mol. The highest BCUT2D eigenvalue weighted by atomic mass is 16.3. The fourth-order valence-electron chi connectivity index (χ4n) is 4.36. The van der Waals surface area contributed by atoms with Crippen LogP contribution in [0.2, 0.25) is 0 Å². The van der Waals surface area contributed by atoms with Gasteiger partial charge in [-0.3, -0.25) is 15.0 Å². The predicted molar refractivity (Wildman–Crippen MR) is 105 cm³/mol. The highest BCUT2D eigenvalue weighted by molar-refractivity contribution is 5.91. The van der Waals surface area contributed by atoms with Gasteiger partial charge in [0.15, 0.2) is 0 Å². The second-order valence-corrected chi connectivity index (χ2v) is 7.95. The highest BCUT2D eigenvalue weighted by Gasteiger charge is 2.43. The molecule has 152 valence electrons. The Bertz CT molecular complexity index is 879. The number of fused-ring (bicyclic) bond motifs is 3. The number of aromatic nitrogens is 1. The number of carbonyl (C=O) groups is 2. The zero-order valence-corrected chi connectivity index (χ0v) is 15.9. The first-order valence-corrected chi connectivity index (χ1v) is 10.0. The fraction of sp³-hybridized carbons (Fsp3) is 0.450. The molecule has 4 heterocycles. The molecule has 0 radical (unpaired) electrons. The molecule has 4 aliphatic rings. The van der Waals surface area contributed by atoms with E-state index in [-0.39, 0.29) is 30.1 Å². The van der Waals surface area contributed by atoms with Crippen LogP contribution in [0.1, 0.15) is 19.3 Å². The highest BCUT2D eigenvalue weighted by Crippen LogP contribution is 2.33. The summed E-state index contributed by atoms with van der Waals surface area (Å²) in [6.45, 7) is 1.65. The minimum atomic E-state index is -0.560. The summed E-state index contributed by atoms with van der Waals surface area (Å²) in [6.07, 6.45) is 7.11. The molecule has 1 unspecified atom stereocenters. The van der Waals surface area contributed by atoms with E-state index in [4.69, 9.17) is 0 Å². The zero-order chi connectivity index (χ0) is 20.0. The molecule has 2 fully saturated rings. The van der Waals surface area contributed by atoms with E-state index in [2.05, 4.69) is 25.8 Å². The van der Waals surface area contributed by atoms with Crippen molar-refractivity contribution in [3.8, 4) is 0 Å². The van der Waals surface area contributed by atoms with E-state index in [0.717, 1.165) is 25.2 Å². The Morgan fingerprint density at radius 1 is 1.28 bits per heavy atom. The van der Waals surface area contributed by atoms with Gasteiger partial charge in [-0.1, -0.05) is 12.1 Å². The molecule has 1 saturated heterocycles. The SMILES string of the molecule is O=C(N[C@H]1C[C@H](O)C1)C1C=CC2=C(N1)N(C(=O)Nc1ccccn1)[C@H]1CCN2C1. The first-order chi connectivity index (χ1) is 14.1. The number of dihydropyridines is 1. The van der Waals surface area contributed by atoms with Gasteiger partial charge in [-0.2, -0.15) is 0 Å². The molecule has 1 aromatic heterocycles. The number of hydrogen-bond acceptors (Lipinski definition) is 6. The van der Waals surface area contributed by atoms with Crippen molar-refractivity contribution in [1.29, 1.82) is 0 Å². The van der Waals surface area contributed by atoms with Crippen molar-refractivity contribution in [3.63, 3.8) is 0 Å². The molecule has 0 aromatic carbocycles. The number of urea groups is 1. The molecule has 9 heteroatoms. The van der Waals surface area contributed by atoms with Gasteiger partial charge in [-0.05, 0) is 37.5 Å². The summed E-state index contributed by atoms with van der Waals surface area (Å²) in [6, 6.07) is 4.60. The number of hydrogen-bond donors (Lipinski definition) is 4. The Hall–Kier alpha value is -3.07. The molecule has 9 nitrogen and oxygen atoms in total. The van der Waals surface area contributed by atoms with Gasteiger partial charge in [-0.25, -0.2) is 9.78 Å². The summed E-state index contributed by atoms with van der Waals surface area (Å²) >= 11 is 0. The van der Waals surface area contributed by atoms with Gasteiger partial charge in [-0.15, -0.1) is 0 Å². The van der Waals surface area contributed by atoms with Gasteiger partial charge in [0.2, 0.25) is 5.91 Å². The van der Waals surface area contributed by atoms with E-state index in [0.29, 0.717) is 24.5 Å². The van der Waals surface area contributed by atoms with Crippen LogP contribution < -0.4 is 16.0 Å². The number of allylic oxidation sites excluding steroid dienone is 1. The van der Waals surface area contributed by atoms with Gasteiger partial charge in [0, 0.05) is 25.3 Å². The number of nitrogens with one attached hydrogen (secondary N) is 3. The summed E-state index contributed by atoms with van der Waals surface area (Å²) in [5.41, 5.74) is 0.929. The van der Waals surface area contributed by atoms with Crippen LogP contribution in [0.4, 0.5) is 10.6 Å². The third-order valence-corrected chi connectivity index (χ3v) is 5.95. The lowest BCUT2D eigenvalue weighted by atomic mass is 9.89. The minimum Gasteiger partial charge on any atom is -0.393 e. The lowest BCUT2D eigenvalue weighted by molar-refractivity contribution is -0.124. The van der Waals surface area contributed by atoms with Crippen LogP contribution in [-0.4, -0.2) is 69.1 Å². The third kappa shape index (κ3) is 3.31. The van der Waals surface area contributed by atoms with Crippen LogP contribution in [-0.2, 0) is 4.79 Å². The summed E-state index contributed by atoms with van der Waals surface area (Å²) < 4.78 is 0. The second-order valence-electron chi connectivity index (χ2n) is 7.95. The maximum absolute atomic E-state index is 13.1. The van der Waals surface area contributed by atoms with E-state index in [9.17, 15) is 14.7 Å². The molecule has 1 aromatic rings. The number of carbonyl (C=O) groups excluding carboxylic acids is 2. The Balaban J connectivity index is 1.34. The molecule has 3 amide bonds. The summed E-state index contributed by atoms with van der Waals surface area (Å²) in [7, 11) is 0. The molecule has 3 aliphatic heterocycles. The largest absolute Gasteiger partial charge is 0.393 e. The second kappa shape index (κ2) is 7.07. The number of rotatable bonds is 3. The zero-order valence-electron chi connectivity index (χ0n) is 15.9. The lowest BCUT2D eigenvalue weighted by Gasteiger charge is -2.41. The Morgan fingerprint density at radius 3 is 2.90 bits per heavy atom. The van der Waals surface area contributed by atoms with Crippen molar-refractivity contribution in [2.24, 2.45) is 0 Å². The number of amides is 3. The molecule has 2 atom stereocenters. The quantitative estimate of drug-likeness (QED) is 0.587. The average molecular weight is 396 g/mol. The first-order valence-electron chi connectivity index (χ1n) is 10.0.